The Bertz CT molecular complexity index is 582. The highest BCUT2D eigenvalue weighted by molar-refractivity contribution is 5.85. The van der Waals surface area contributed by atoms with Gasteiger partial charge in [-0.1, -0.05) is 30.3 Å². The molecule has 5 nitrogen and oxygen atoms in total. The molecule has 2 N–H and O–H groups in total. The largest absolute Gasteiger partial charge is 0.380 e. The van der Waals surface area contributed by atoms with Gasteiger partial charge in [0.05, 0.1) is 0 Å². The maximum Gasteiger partial charge on any atom is 0.252 e. The van der Waals surface area contributed by atoms with Gasteiger partial charge >= 0.3 is 0 Å². The number of benzene rings is 1. The Morgan fingerprint density at radius 1 is 1.21 bits per heavy atom. The van der Waals surface area contributed by atoms with Crippen molar-refractivity contribution < 1.29 is 14.7 Å². The lowest BCUT2D eigenvalue weighted by Gasteiger charge is -2.24. The summed E-state index contributed by atoms with van der Waals surface area (Å²) in [5, 5.41) is 13.3. The highest BCUT2D eigenvalue weighted by Gasteiger charge is 2.40. The first-order valence-electron chi connectivity index (χ1n) is 8.92. The van der Waals surface area contributed by atoms with E-state index >= 15 is 0 Å². The normalized spacial score (nSPS) is 22.5. The van der Waals surface area contributed by atoms with Crippen LogP contribution in [0.2, 0.25) is 0 Å². The number of aryl methyl sites for hydroxylation is 1. The van der Waals surface area contributed by atoms with E-state index in [-0.39, 0.29) is 17.9 Å². The van der Waals surface area contributed by atoms with Gasteiger partial charge in [-0.15, -0.1) is 0 Å². The number of aliphatic hydroxyl groups is 1. The van der Waals surface area contributed by atoms with Gasteiger partial charge in [0.2, 0.25) is 5.91 Å². The zero-order valence-corrected chi connectivity index (χ0v) is 14.0. The topological polar surface area (TPSA) is 69.6 Å². The Morgan fingerprint density at radius 3 is 2.62 bits per heavy atom. The van der Waals surface area contributed by atoms with Gasteiger partial charge in [0.25, 0.3) is 5.91 Å². The van der Waals surface area contributed by atoms with Crippen molar-refractivity contribution in [2.45, 2.75) is 56.6 Å². The molecule has 1 unspecified atom stereocenters. The molecule has 1 aromatic rings. The molecule has 130 valence electrons. The molecule has 0 bridgehead atoms. The lowest BCUT2D eigenvalue weighted by molar-refractivity contribution is -0.140. The lowest BCUT2D eigenvalue weighted by Crippen LogP contribution is -2.49. The molecule has 1 saturated carbocycles. The van der Waals surface area contributed by atoms with E-state index in [1.54, 1.807) is 0 Å². The second-order valence-corrected chi connectivity index (χ2v) is 7.02. The van der Waals surface area contributed by atoms with Gasteiger partial charge in [-0.3, -0.25) is 9.59 Å². The number of carbonyl (C=O) groups is 2. The Hall–Kier alpha value is -1.88. The van der Waals surface area contributed by atoms with Crippen LogP contribution >= 0.6 is 0 Å². The molecule has 1 aromatic carbocycles. The molecule has 1 saturated heterocycles. The van der Waals surface area contributed by atoms with Gasteiger partial charge in [0.15, 0.2) is 0 Å². The van der Waals surface area contributed by atoms with Crippen LogP contribution in [0, 0.1) is 0 Å². The molecule has 1 aliphatic carbocycles. The molecule has 2 fully saturated rings. The number of hydrogen-bond acceptors (Lipinski definition) is 3. The average Bonchev–Trinajstić information content (AvgIpc) is 3.24. The second-order valence-electron chi connectivity index (χ2n) is 7.02. The molecule has 0 aromatic heterocycles. The maximum atomic E-state index is 12.3. The molecule has 0 spiro atoms. The average molecular weight is 330 g/mol. The van der Waals surface area contributed by atoms with Crippen LogP contribution in [0.25, 0.3) is 0 Å². The third-order valence-corrected chi connectivity index (χ3v) is 5.20. The SMILES string of the molecule is O=C(CCc1ccccc1)N1CCC(NC(=O)C2(O)CCCC2)C1. The highest BCUT2D eigenvalue weighted by atomic mass is 16.3. The summed E-state index contributed by atoms with van der Waals surface area (Å²) in [5.74, 6) is -0.126. The minimum atomic E-state index is -1.19. The summed E-state index contributed by atoms with van der Waals surface area (Å²) in [4.78, 5) is 26.4. The third kappa shape index (κ3) is 3.96. The number of nitrogens with zero attached hydrogens (tertiary/aromatic N) is 1. The first-order valence-corrected chi connectivity index (χ1v) is 8.92. The van der Waals surface area contributed by atoms with Gasteiger partial charge in [-0.2, -0.15) is 0 Å². The Kier molecular flexibility index (Phi) is 5.19. The number of likely N-dealkylation sites (tertiary alicyclic amines) is 1. The van der Waals surface area contributed by atoms with E-state index in [2.05, 4.69) is 5.32 Å². The second kappa shape index (κ2) is 7.34. The molecule has 2 aliphatic rings. The van der Waals surface area contributed by atoms with Crippen LogP contribution in [-0.2, 0) is 16.0 Å². The van der Waals surface area contributed by atoms with Crippen molar-refractivity contribution in [2.24, 2.45) is 0 Å². The van der Waals surface area contributed by atoms with Gasteiger partial charge in [-0.05, 0) is 44.1 Å². The fourth-order valence-electron chi connectivity index (χ4n) is 3.67. The van der Waals surface area contributed by atoms with E-state index < -0.39 is 5.60 Å². The summed E-state index contributed by atoms with van der Waals surface area (Å²) in [5.41, 5.74) is -0.0246. The van der Waals surface area contributed by atoms with Crippen molar-refractivity contribution >= 4 is 11.8 Å². The zero-order valence-electron chi connectivity index (χ0n) is 14.0. The zero-order chi connectivity index (χ0) is 17.0. The molecule has 5 heteroatoms. The molecule has 0 radical (unpaired) electrons. The molecule has 2 amide bonds. The van der Waals surface area contributed by atoms with E-state index in [0.717, 1.165) is 25.7 Å². The number of hydrogen-bond donors (Lipinski definition) is 2. The van der Waals surface area contributed by atoms with E-state index in [4.69, 9.17) is 0 Å². The first-order chi connectivity index (χ1) is 11.6. The summed E-state index contributed by atoms with van der Waals surface area (Å²) in [6, 6.07) is 9.95. The maximum absolute atomic E-state index is 12.3. The highest BCUT2D eigenvalue weighted by Crippen LogP contribution is 2.29. The lowest BCUT2D eigenvalue weighted by atomic mass is 10.0. The third-order valence-electron chi connectivity index (χ3n) is 5.20. The van der Waals surface area contributed by atoms with E-state index in [0.29, 0.717) is 32.4 Å². The quantitative estimate of drug-likeness (QED) is 0.862. The summed E-state index contributed by atoms with van der Waals surface area (Å²) in [6.07, 6.45) is 4.90. The van der Waals surface area contributed by atoms with Crippen molar-refractivity contribution in [1.82, 2.24) is 10.2 Å². The van der Waals surface area contributed by atoms with E-state index in [9.17, 15) is 14.7 Å². The summed E-state index contributed by atoms with van der Waals surface area (Å²) in [7, 11) is 0. The Labute approximate surface area is 143 Å². The van der Waals surface area contributed by atoms with Crippen molar-refractivity contribution in [1.29, 1.82) is 0 Å². The molecular weight excluding hydrogens is 304 g/mol. The summed E-state index contributed by atoms with van der Waals surface area (Å²) in [6.45, 7) is 1.23. The van der Waals surface area contributed by atoms with Gasteiger partial charge in [0, 0.05) is 25.6 Å². The fourth-order valence-corrected chi connectivity index (χ4v) is 3.67. The van der Waals surface area contributed by atoms with E-state index in [1.165, 1.54) is 5.56 Å². The van der Waals surface area contributed by atoms with Crippen LogP contribution in [0.5, 0.6) is 0 Å². The smallest absolute Gasteiger partial charge is 0.252 e. The van der Waals surface area contributed by atoms with Gasteiger partial charge in [-0.25, -0.2) is 0 Å². The van der Waals surface area contributed by atoms with Crippen LogP contribution in [-0.4, -0.2) is 46.6 Å². The molecule has 1 aliphatic heterocycles. The van der Waals surface area contributed by atoms with Crippen molar-refractivity contribution in [3.8, 4) is 0 Å². The van der Waals surface area contributed by atoms with Crippen LogP contribution in [0.15, 0.2) is 30.3 Å². The molecular formula is C19H26N2O3. The summed E-state index contributed by atoms with van der Waals surface area (Å²) >= 11 is 0. The Balaban J connectivity index is 1.44. The van der Waals surface area contributed by atoms with Crippen molar-refractivity contribution in [2.75, 3.05) is 13.1 Å². The minimum Gasteiger partial charge on any atom is -0.380 e. The molecule has 3 rings (SSSR count). The van der Waals surface area contributed by atoms with Crippen molar-refractivity contribution in [3.63, 3.8) is 0 Å². The van der Waals surface area contributed by atoms with Crippen LogP contribution in [0.4, 0.5) is 0 Å². The van der Waals surface area contributed by atoms with Crippen LogP contribution < -0.4 is 5.32 Å². The number of rotatable bonds is 5. The van der Waals surface area contributed by atoms with Crippen LogP contribution in [0.1, 0.15) is 44.1 Å². The van der Waals surface area contributed by atoms with Gasteiger partial charge < -0.3 is 15.3 Å². The van der Waals surface area contributed by atoms with Crippen LogP contribution in [0.3, 0.4) is 0 Å². The predicted molar refractivity (Wildman–Crippen MR) is 91.3 cm³/mol. The molecule has 24 heavy (non-hydrogen) atoms. The molecule has 1 heterocycles. The number of nitrogens with one attached hydrogen (secondary N) is 1. The number of amides is 2. The molecule has 1 atom stereocenters. The monoisotopic (exact) mass is 330 g/mol. The fraction of sp³-hybridized carbons (Fsp3) is 0.579. The minimum absolute atomic E-state index is 0.0391. The Morgan fingerprint density at radius 2 is 1.92 bits per heavy atom. The van der Waals surface area contributed by atoms with Gasteiger partial charge in [0.1, 0.15) is 5.60 Å². The first kappa shape index (κ1) is 17.0. The van der Waals surface area contributed by atoms with E-state index in [1.807, 2.05) is 35.2 Å². The summed E-state index contributed by atoms with van der Waals surface area (Å²) < 4.78 is 0. The standard InChI is InChI=1S/C19H26N2O3/c22-17(9-8-15-6-2-1-3-7-15)21-13-10-16(14-21)20-18(23)19(24)11-4-5-12-19/h1-3,6-7,16,24H,4-5,8-14H2,(H,20,23). The predicted octanol–water partition coefficient (Wildman–Crippen LogP) is 1.64. The number of carbonyl (C=O) groups excluding carboxylic acids is 2. The van der Waals surface area contributed by atoms with Crippen molar-refractivity contribution in [3.05, 3.63) is 35.9 Å².